The van der Waals surface area contributed by atoms with Gasteiger partial charge in [-0.05, 0) is 36.1 Å². The van der Waals surface area contributed by atoms with E-state index in [-0.39, 0.29) is 12.6 Å². The van der Waals surface area contributed by atoms with Gasteiger partial charge in [-0.2, -0.15) is 0 Å². The molecule has 0 aliphatic carbocycles. The lowest BCUT2D eigenvalue weighted by Gasteiger charge is -2.08. The largest absolute Gasteiger partial charge is 0.497 e. The minimum absolute atomic E-state index is 0.207. The Morgan fingerprint density at radius 2 is 2.15 bits per heavy atom. The molecule has 0 atom stereocenters. The van der Waals surface area contributed by atoms with Gasteiger partial charge in [0, 0.05) is 6.20 Å². The number of hydrogen-bond acceptors (Lipinski definition) is 5. The summed E-state index contributed by atoms with van der Waals surface area (Å²) in [5.41, 5.74) is 1.37. The van der Waals surface area contributed by atoms with E-state index in [1.807, 2.05) is 30.5 Å². The number of methoxy groups -OCH3 is 1. The fourth-order valence-electron chi connectivity index (χ4n) is 1.70. The van der Waals surface area contributed by atoms with Gasteiger partial charge in [-0.3, -0.25) is 0 Å². The van der Waals surface area contributed by atoms with Crippen molar-refractivity contribution < 1.29 is 14.3 Å². The summed E-state index contributed by atoms with van der Waals surface area (Å²) in [5.74, 6) is 0.370. The van der Waals surface area contributed by atoms with Gasteiger partial charge in [0.2, 0.25) is 0 Å². The van der Waals surface area contributed by atoms with E-state index in [2.05, 4.69) is 4.98 Å². The molecule has 0 aliphatic heterocycles. The Labute approximate surface area is 122 Å². The zero-order valence-corrected chi connectivity index (χ0v) is 12.1. The van der Waals surface area contributed by atoms with Crippen LogP contribution in [0.1, 0.15) is 15.9 Å². The summed E-state index contributed by atoms with van der Waals surface area (Å²) in [5, 5.41) is 0.670. The Morgan fingerprint density at radius 3 is 2.90 bits per heavy atom. The molecule has 0 fully saturated rings. The van der Waals surface area contributed by atoms with Gasteiger partial charge in [0.25, 0.3) is 0 Å². The Kier molecular flexibility index (Phi) is 5.01. The average Bonchev–Trinajstić information content (AvgIpc) is 2.52. The van der Waals surface area contributed by atoms with Crippen LogP contribution in [0.15, 0.2) is 47.6 Å². The van der Waals surface area contributed by atoms with Crippen molar-refractivity contribution in [3.63, 3.8) is 0 Å². The monoisotopic (exact) mass is 289 g/mol. The van der Waals surface area contributed by atoms with Gasteiger partial charge in [-0.1, -0.05) is 12.1 Å². The van der Waals surface area contributed by atoms with Crippen LogP contribution in [0.25, 0.3) is 0 Å². The van der Waals surface area contributed by atoms with Gasteiger partial charge in [0.15, 0.2) is 0 Å². The molecule has 0 unspecified atom stereocenters. The van der Waals surface area contributed by atoms with Crippen LogP contribution >= 0.6 is 11.8 Å². The highest BCUT2D eigenvalue weighted by Gasteiger charge is 2.13. The Bertz CT molecular complexity index is 601. The predicted octanol–water partition coefficient (Wildman–Crippen LogP) is 3.17. The molecule has 0 radical (unpaired) electrons. The van der Waals surface area contributed by atoms with Crippen molar-refractivity contribution >= 4 is 17.7 Å². The van der Waals surface area contributed by atoms with Gasteiger partial charge in [-0.25, -0.2) is 9.78 Å². The number of rotatable bonds is 5. The summed E-state index contributed by atoms with van der Waals surface area (Å²) in [6.07, 6.45) is 3.53. The molecule has 104 valence electrons. The lowest BCUT2D eigenvalue weighted by molar-refractivity contribution is 0.0467. The molecule has 20 heavy (non-hydrogen) atoms. The highest BCUT2D eigenvalue weighted by molar-refractivity contribution is 7.98. The number of carbonyl (C=O) groups excluding carboxylic acids is 1. The van der Waals surface area contributed by atoms with Crippen molar-refractivity contribution in [3.8, 4) is 5.75 Å². The maximum absolute atomic E-state index is 12.0. The predicted molar refractivity (Wildman–Crippen MR) is 78.1 cm³/mol. The minimum atomic E-state index is -0.370. The number of thioether (sulfide) groups is 1. The normalized spacial score (nSPS) is 10.1. The standard InChI is InChI=1S/C15H15NO3S/c1-18-12-6-3-5-11(9-12)10-19-15(17)13-7-4-8-16-14(13)20-2/h3-9H,10H2,1-2H3. The van der Waals surface area contributed by atoms with Crippen molar-refractivity contribution in [2.45, 2.75) is 11.6 Å². The summed E-state index contributed by atoms with van der Waals surface area (Å²) in [6, 6.07) is 10.9. The maximum Gasteiger partial charge on any atom is 0.341 e. The van der Waals surface area contributed by atoms with Crippen LogP contribution < -0.4 is 4.74 Å². The van der Waals surface area contributed by atoms with E-state index in [9.17, 15) is 4.79 Å². The number of benzene rings is 1. The first kappa shape index (κ1) is 14.4. The second kappa shape index (κ2) is 6.96. The Balaban J connectivity index is 2.04. The highest BCUT2D eigenvalue weighted by atomic mass is 32.2. The van der Waals surface area contributed by atoms with E-state index in [0.29, 0.717) is 10.6 Å². The number of carbonyl (C=O) groups is 1. The van der Waals surface area contributed by atoms with E-state index in [4.69, 9.17) is 9.47 Å². The minimum Gasteiger partial charge on any atom is -0.497 e. The molecule has 2 aromatic rings. The summed E-state index contributed by atoms with van der Waals surface area (Å²) >= 11 is 1.42. The fourth-order valence-corrected chi connectivity index (χ4v) is 2.24. The van der Waals surface area contributed by atoms with Gasteiger partial charge in [-0.15, -0.1) is 11.8 Å². The first-order valence-electron chi connectivity index (χ1n) is 6.03. The molecular formula is C15H15NO3S. The smallest absolute Gasteiger partial charge is 0.341 e. The Hall–Kier alpha value is -2.01. The zero-order chi connectivity index (χ0) is 14.4. The van der Waals surface area contributed by atoms with Crippen LogP contribution in [0, 0.1) is 0 Å². The summed E-state index contributed by atoms with van der Waals surface area (Å²) in [4.78, 5) is 16.2. The molecule has 1 aromatic heterocycles. The fraction of sp³-hybridized carbons (Fsp3) is 0.200. The molecule has 1 aromatic carbocycles. The number of esters is 1. The van der Waals surface area contributed by atoms with Crippen LogP contribution in [0.3, 0.4) is 0 Å². The molecule has 0 amide bonds. The molecule has 0 spiro atoms. The average molecular weight is 289 g/mol. The van der Waals surface area contributed by atoms with E-state index >= 15 is 0 Å². The molecule has 0 saturated carbocycles. The number of hydrogen-bond donors (Lipinski definition) is 0. The first-order valence-corrected chi connectivity index (χ1v) is 7.26. The number of ether oxygens (including phenoxy) is 2. The van der Waals surface area contributed by atoms with Crippen molar-refractivity contribution in [1.29, 1.82) is 0 Å². The second-order valence-electron chi connectivity index (χ2n) is 3.99. The SMILES string of the molecule is COc1cccc(COC(=O)c2cccnc2SC)c1. The van der Waals surface area contributed by atoms with Crippen molar-refractivity contribution in [1.82, 2.24) is 4.98 Å². The summed E-state index contributed by atoms with van der Waals surface area (Å²) in [7, 11) is 1.60. The third-order valence-electron chi connectivity index (χ3n) is 2.69. The molecule has 4 nitrogen and oxygen atoms in total. The molecule has 1 heterocycles. The van der Waals surface area contributed by atoms with Gasteiger partial charge in [0.1, 0.15) is 17.4 Å². The second-order valence-corrected chi connectivity index (χ2v) is 4.78. The van der Waals surface area contributed by atoms with Gasteiger partial charge >= 0.3 is 5.97 Å². The quantitative estimate of drug-likeness (QED) is 0.625. The van der Waals surface area contributed by atoms with Gasteiger partial charge < -0.3 is 9.47 Å². The molecule has 0 saturated heterocycles. The van der Waals surface area contributed by atoms with Crippen molar-refractivity contribution in [2.75, 3.05) is 13.4 Å². The lowest BCUT2D eigenvalue weighted by atomic mass is 10.2. The van der Waals surface area contributed by atoms with E-state index in [0.717, 1.165) is 11.3 Å². The van der Waals surface area contributed by atoms with Crippen molar-refractivity contribution in [3.05, 3.63) is 53.7 Å². The van der Waals surface area contributed by atoms with E-state index in [1.165, 1.54) is 11.8 Å². The maximum atomic E-state index is 12.0. The molecule has 2 rings (SSSR count). The van der Waals surface area contributed by atoms with E-state index in [1.54, 1.807) is 25.4 Å². The third-order valence-corrected chi connectivity index (χ3v) is 3.40. The Morgan fingerprint density at radius 1 is 1.30 bits per heavy atom. The van der Waals surface area contributed by atoms with Crippen molar-refractivity contribution in [2.24, 2.45) is 0 Å². The summed E-state index contributed by atoms with van der Waals surface area (Å²) < 4.78 is 10.4. The third kappa shape index (κ3) is 3.51. The van der Waals surface area contributed by atoms with E-state index < -0.39 is 0 Å². The molecule has 0 N–H and O–H groups in total. The number of nitrogens with zero attached hydrogens (tertiary/aromatic N) is 1. The first-order chi connectivity index (χ1) is 9.74. The molecule has 0 bridgehead atoms. The van der Waals surface area contributed by atoms with Crippen LogP contribution in [0.4, 0.5) is 0 Å². The molecule has 0 aliphatic rings. The number of aromatic nitrogens is 1. The zero-order valence-electron chi connectivity index (χ0n) is 11.3. The van der Waals surface area contributed by atoms with Crippen LogP contribution in [-0.4, -0.2) is 24.3 Å². The van der Waals surface area contributed by atoms with Crippen LogP contribution in [0.2, 0.25) is 0 Å². The van der Waals surface area contributed by atoms with Gasteiger partial charge in [0.05, 0.1) is 12.7 Å². The lowest BCUT2D eigenvalue weighted by Crippen LogP contribution is -2.07. The number of pyridine rings is 1. The van der Waals surface area contributed by atoms with Crippen LogP contribution in [-0.2, 0) is 11.3 Å². The molecular weight excluding hydrogens is 274 g/mol. The molecule has 5 heteroatoms. The van der Waals surface area contributed by atoms with Crippen LogP contribution in [0.5, 0.6) is 5.75 Å². The highest BCUT2D eigenvalue weighted by Crippen LogP contribution is 2.19. The summed E-state index contributed by atoms with van der Waals surface area (Å²) in [6.45, 7) is 0.207. The topological polar surface area (TPSA) is 48.4 Å².